The summed E-state index contributed by atoms with van der Waals surface area (Å²) in [5.74, 6) is -3.79. The van der Waals surface area contributed by atoms with E-state index in [1.165, 1.54) is 54.7 Å². The number of hydrogen-bond donors (Lipinski definition) is 2. The molecule has 1 aliphatic rings. The number of rotatable bonds is 10. The van der Waals surface area contributed by atoms with E-state index in [4.69, 9.17) is 17.3 Å². The zero-order valence-corrected chi connectivity index (χ0v) is 29.6. The summed E-state index contributed by atoms with van der Waals surface area (Å²) in [6.07, 6.45) is 2.50. The monoisotopic (exact) mass is 716 g/mol. The van der Waals surface area contributed by atoms with Crippen molar-refractivity contribution in [1.29, 1.82) is 0 Å². The molecular formula is C33H39ClN5O7S2+. The largest absolute Gasteiger partial charge is 0.434 e. The number of nitrogens with zero attached hydrogens (tertiary/aromatic N) is 3. The molecule has 5 amide bonds. The van der Waals surface area contributed by atoms with Crippen LogP contribution in [0, 0.1) is 11.8 Å². The smallest absolute Gasteiger partial charge is 0.316 e. The van der Waals surface area contributed by atoms with Crippen molar-refractivity contribution in [2.45, 2.75) is 70.5 Å². The Morgan fingerprint density at radius 2 is 1.58 bits per heavy atom. The topological polar surface area (TPSA) is 174 Å². The lowest BCUT2D eigenvalue weighted by molar-refractivity contribution is -0.788. The van der Waals surface area contributed by atoms with Crippen LogP contribution < -0.4 is 10.5 Å². The number of carbonyl (C=O) groups excluding carboxylic acids is 5. The number of benzene rings is 2. The molecule has 0 saturated carbocycles. The fraction of sp³-hybridized carbons (Fsp3) is 0.394. The molecule has 256 valence electrons. The van der Waals surface area contributed by atoms with Crippen LogP contribution in [0.1, 0.15) is 78.0 Å². The van der Waals surface area contributed by atoms with E-state index in [9.17, 15) is 32.4 Å². The van der Waals surface area contributed by atoms with Gasteiger partial charge in [-0.05, 0) is 67.3 Å². The molecular weight excluding hydrogens is 678 g/mol. The average Bonchev–Trinajstić information content (AvgIpc) is 3.72. The summed E-state index contributed by atoms with van der Waals surface area (Å²) in [5.41, 5.74) is 6.18. The van der Waals surface area contributed by atoms with Gasteiger partial charge in [0.2, 0.25) is 5.78 Å². The zero-order valence-electron chi connectivity index (χ0n) is 27.3. The second-order valence-corrected chi connectivity index (χ2v) is 15.5. The minimum atomic E-state index is -4.24. The summed E-state index contributed by atoms with van der Waals surface area (Å²) in [7, 11) is -4.24. The van der Waals surface area contributed by atoms with Crippen molar-refractivity contribution in [2.24, 2.45) is 17.6 Å². The van der Waals surface area contributed by atoms with Gasteiger partial charge in [0.1, 0.15) is 18.1 Å². The fourth-order valence-electron chi connectivity index (χ4n) is 5.80. The Hall–Kier alpha value is -3.82. The molecule has 4 rings (SSSR count). The molecule has 1 aromatic heterocycles. The van der Waals surface area contributed by atoms with Crippen LogP contribution in [0.4, 0.5) is 4.79 Å². The molecule has 15 heteroatoms. The van der Waals surface area contributed by atoms with E-state index >= 15 is 0 Å². The van der Waals surface area contributed by atoms with Gasteiger partial charge in [-0.3, -0.25) is 14.4 Å². The first kappa shape index (κ1) is 37.0. The summed E-state index contributed by atoms with van der Waals surface area (Å²) in [6.45, 7) is 8.80. The Morgan fingerprint density at radius 1 is 0.979 bits per heavy atom. The van der Waals surface area contributed by atoms with Crippen molar-refractivity contribution in [1.82, 2.24) is 14.6 Å². The van der Waals surface area contributed by atoms with Gasteiger partial charge in [0.05, 0.1) is 11.4 Å². The highest BCUT2D eigenvalue weighted by molar-refractivity contribution is 7.90. The molecule has 0 radical (unpaired) electrons. The Bertz CT molecular complexity index is 1800. The summed E-state index contributed by atoms with van der Waals surface area (Å²) >= 11 is 6.91. The number of thiazole rings is 1. The van der Waals surface area contributed by atoms with Gasteiger partial charge < -0.3 is 5.73 Å². The summed E-state index contributed by atoms with van der Waals surface area (Å²) < 4.78 is 26.8. The number of likely N-dealkylation sites (tertiary alicyclic amines) is 1. The molecule has 1 saturated heterocycles. The highest BCUT2D eigenvalue weighted by Crippen LogP contribution is 2.34. The van der Waals surface area contributed by atoms with Gasteiger partial charge >= 0.3 is 11.9 Å². The van der Waals surface area contributed by atoms with E-state index in [2.05, 4.69) is 4.98 Å². The number of quaternary nitrogens is 1. The number of Topliss-reactive ketones (excluding diaryl/α,β-unsaturated/α-hetero) is 1. The molecule has 0 aliphatic carbocycles. The third kappa shape index (κ3) is 7.27. The molecule has 1 fully saturated rings. The van der Waals surface area contributed by atoms with Crippen LogP contribution in [0.15, 0.2) is 65.0 Å². The maximum Gasteiger partial charge on any atom is 0.434 e. The summed E-state index contributed by atoms with van der Waals surface area (Å²) in [5, 5.41) is 2.02. The van der Waals surface area contributed by atoms with Gasteiger partial charge in [0.15, 0.2) is 5.01 Å². The third-order valence-corrected chi connectivity index (χ3v) is 11.0. The van der Waals surface area contributed by atoms with Crippen molar-refractivity contribution >= 4 is 62.5 Å². The van der Waals surface area contributed by atoms with Crippen molar-refractivity contribution in [2.75, 3.05) is 6.54 Å². The summed E-state index contributed by atoms with van der Waals surface area (Å²) in [4.78, 5) is 75.0. The SMILES string of the molecule is CC(C)C(N)C(=O)[N@+]1(C(=O)N(C(=O)c2ccc(C(=O)NS(=O)(=O)c3ccc(Cl)cc3)cc2)C(C(=O)c2nccs2)C(C)C)CCCC1C. The van der Waals surface area contributed by atoms with Gasteiger partial charge in [0, 0.05) is 40.6 Å². The number of carbonyl (C=O) groups is 5. The Balaban J connectivity index is 1.75. The molecule has 0 spiro atoms. The van der Waals surface area contributed by atoms with Crippen molar-refractivity contribution in [3.8, 4) is 0 Å². The molecule has 0 bridgehead atoms. The van der Waals surface area contributed by atoms with Crippen LogP contribution in [-0.2, 0) is 14.8 Å². The van der Waals surface area contributed by atoms with E-state index in [-0.39, 0.29) is 33.5 Å². The number of nitrogens with one attached hydrogen (secondary N) is 1. The van der Waals surface area contributed by atoms with Crippen LogP contribution >= 0.6 is 22.9 Å². The van der Waals surface area contributed by atoms with E-state index in [0.717, 1.165) is 16.2 Å². The van der Waals surface area contributed by atoms with Gasteiger partial charge in [-0.15, -0.1) is 11.3 Å². The Labute approximate surface area is 288 Å². The molecule has 1 aliphatic heterocycles. The normalized spacial score (nSPS) is 19.1. The summed E-state index contributed by atoms with van der Waals surface area (Å²) in [6, 6.07) is 6.54. The maximum atomic E-state index is 14.9. The fourth-order valence-corrected chi connectivity index (χ4v) is 7.51. The van der Waals surface area contributed by atoms with Crippen molar-refractivity contribution in [3.63, 3.8) is 0 Å². The zero-order chi connectivity index (χ0) is 35.6. The maximum absolute atomic E-state index is 14.9. The lowest BCUT2D eigenvalue weighted by Crippen LogP contribution is -2.70. The van der Waals surface area contributed by atoms with Crippen LogP contribution in [0.2, 0.25) is 5.02 Å². The van der Waals surface area contributed by atoms with Gasteiger partial charge in [-0.2, -0.15) is 4.48 Å². The minimum Gasteiger partial charge on any atom is -0.316 e. The second-order valence-electron chi connectivity index (χ2n) is 12.5. The molecule has 3 N–H and O–H groups in total. The Morgan fingerprint density at radius 3 is 2.08 bits per heavy atom. The van der Waals surface area contributed by atoms with Crippen LogP contribution in [0.25, 0.3) is 0 Å². The van der Waals surface area contributed by atoms with Gasteiger partial charge in [0.25, 0.3) is 21.8 Å². The van der Waals surface area contributed by atoms with E-state index in [1.54, 1.807) is 40.0 Å². The Kier molecular flexibility index (Phi) is 11.4. The molecule has 4 atom stereocenters. The number of sulfonamides is 1. The first-order valence-corrected chi connectivity index (χ1v) is 18.2. The standard InChI is InChI=1S/C33H38ClN5O7S2/c1-19(2)26(35)32(43)39(17-6-7-21(39)5)33(44)38(27(20(3)4)28(40)30-36-16-18-47-30)31(42)23-10-8-22(9-11-23)29(41)37-48(45,46)25-14-12-24(34)13-15-25/h8-16,18-21,26-27H,6-7,17,35H2,1-5H3/p+1/t21?,26?,27?,39-/m0/s1. The first-order chi connectivity index (χ1) is 22.5. The highest BCUT2D eigenvalue weighted by atomic mass is 35.5. The molecule has 48 heavy (non-hydrogen) atoms. The van der Waals surface area contributed by atoms with E-state index < -0.39 is 68.1 Å². The number of ketones is 1. The van der Waals surface area contributed by atoms with Gasteiger partial charge in [-0.25, -0.2) is 32.6 Å². The van der Waals surface area contributed by atoms with Crippen LogP contribution in [0.3, 0.4) is 0 Å². The minimum absolute atomic E-state index is 0.0661. The van der Waals surface area contributed by atoms with Crippen molar-refractivity contribution < 1.29 is 36.9 Å². The van der Waals surface area contributed by atoms with Crippen LogP contribution in [0.5, 0.6) is 0 Å². The second kappa shape index (κ2) is 14.7. The number of hydrogen-bond acceptors (Lipinski definition) is 10. The first-order valence-electron chi connectivity index (χ1n) is 15.4. The average molecular weight is 717 g/mol. The molecule has 2 heterocycles. The van der Waals surface area contributed by atoms with Gasteiger partial charge in [-0.1, -0.05) is 39.3 Å². The lowest BCUT2D eigenvalue weighted by atomic mass is 9.96. The predicted molar refractivity (Wildman–Crippen MR) is 181 cm³/mol. The van der Waals surface area contributed by atoms with E-state index in [1.807, 2.05) is 4.72 Å². The molecule has 2 aromatic carbocycles. The lowest BCUT2D eigenvalue weighted by Gasteiger charge is -2.40. The number of halogens is 1. The predicted octanol–water partition coefficient (Wildman–Crippen LogP) is 4.89. The highest BCUT2D eigenvalue weighted by Gasteiger charge is 2.59. The quantitative estimate of drug-likeness (QED) is 0.219. The molecule has 3 unspecified atom stereocenters. The number of urea groups is 1. The van der Waals surface area contributed by atoms with Crippen LogP contribution in [-0.4, -0.2) is 77.0 Å². The molecule has 3 aromatic rings. The van der Waals surface area contributed by atoms with E-state index in [0.29, 0.717) is 17.9 Å². The number of amides is 5. The number of imide groups is 2. The molecule has 12 nitrogen and oxygen atoms in total. The number of nitrogens with two attached hydrogens (primary N) is 1. The third-order valence-electron chi connectivity index (χ3n) is 8.61. The van der Waals surface area contributed by atoms with Crippen molar-refractivity contribution in [3.05, 3.63) is 81.3 Å². The number of aromatic nitrogens is 1.